The number of hydrogen-bond donors (Lipinski definition) is 2. The fourth-order valence-corrected chi connectivity index (χ4v) is 2.71. The molecule has 1 heterocycles. The van der Waals surface area contributed by atoms with E-state index >= 15 is 0 Å². The Balaban J connectivity index is 2.10. The number of aromatic nitrogens is 2. The molecule has 3 N–H and O–H groups in total. The van der Waals surface area contributed by atoms with Gasteiger partial charge in [0, 0.05) is 6.07 Å². The molecule has 1 atom stereocenters. The molecule has 1 saturated carbocycles. The third kappa shape index (κ3) is 3.17. The second-order valence-corrected chi connectivity index (χ2v) is 4.90. The van der Waals surface area contributed by atoms with Gasteiger partial charge in [0.2, 0.25) is 5.88 Å². The molecule has 5 nitrogen and oxygen atoms in total. The molecule has 1 aromatic heterocycles. The average Bonchev–Trinajstić information content (AvgIpc) is 2.70. The van der Waals surface area contributed by atoms with Crippen LogP contribution >= 0.6 is 0 Å². The SMILES string of the molecule is COc1ccc(C(NN)C2CCCCCC2)nn1. The summed E-state index contributed by atoms with van der Waals surface area (Å²) < 4.78 is 5.02. The van der Waals surface area contributed by atoms with E-state index in [1.54, 1.807) is 7.11 Å². The summed E-state index contributed by atoms with van der Waals surface area (Å²) in [7, 11) is 1.59. The summed E-state index contributed by atoms with van der Waals surface area (Å²) in [5.41, 5.74) is 3.82. The van der Waals surface area contributed by atoms with E-state index in [0.29, 0.717) is 11.8 Å². The molecule has 1 aliphatic rings. The molecule has 0 aliphatic heterocycles. The van der Waals surface area contributed by atoms with Gasteiger partial charge >= 0.3 is 0 Å². The van der Waals surface area contributed by atoms with Gasteiger partial charge in [0.25, 0.3) is 0 Å². The Morgan fingerprint density at radius 2 is 1.94 bits per heavy atom. The first-order valence-corrected chi connectivity index (χ1v) is 6.69. The van der Waals surface area contributed by atoms with Crippen molar-refractivity contribution in [2.45, 2.75) is 44.6 Å². The van der Waals surface area contributed by atoms with Gasteiger partial charge in [-0.15, -0.1) is 5.10 Å². The highest BCUT2D eigenvalue weighted by molar-refractivity contribution is 5.14. The van der Waals surface area contributed by atoms with E-state index < -0.39 is 0 Å². The lowest BCUT2D eigenvalue weighted by Crippen LogP contribution is -2.34. The number of nitrogens with two attached hydrogens (primary N) is 1. The predicted octanol–water partition coefficient (Wildman–Crippen LogP) is 1.96. The quantitative estimate of drug-likeness (QED) is 0.485. The molecular weight excluding hydrogens is 228 g/mol. The monoisotopic (exact) mass is 250 g/mol. The summed E-state index contributed by atoms with van der Waals surface area (Å²) in [6.07, 6.45) is 7.66. The maximum Gasteiger partial charge on any atom is 0.233 e. The van der Waals surface area contributed by atoms with Crippen LogP contribution in [0.25, 0.3) is 0 Å². The van der Waals surface area contributed by atoms with Crippen LogP contribution in [0.3, 0.4) is 0 Å². The Labute approximate surface area is 108 Å². The zero-order valence-electron chi connectivity index (χ0n) is 10.9. The summed E-state index contributed by atoms with van der Waals surface area (Å²) in [6, 6.07) is 3.88. The van der Waals surface area contributed by atoms with Gasteiger partial charge in [-0.2, -0.15) is 5.10 Å². The van der Waals surface area contributed by atoms with Crippen LogP contribution in [0.2, 0.25) is 0 Å². The Kier molecular flexibility index (Phi) is 4.90. The minimum atomic E-state index is 0.0986. The molecule has 0 radical (unpaired) electrons. The molecular formula is C13H22N4O. The van der Waals surface area contributed by atoms with Gasteiger partial charge in [0.05, 0.1) is 18.8 Å². The zero-order chi connectivity index (χ0) is 12.8. The Morgan fingerprint density at radius 3 is 2.44 bits per heavy atom. The highest BCUT2D eigenvalue weighted by atomic mass is 16.5. The van der Waals surface area contributed by atoms with Crippen LogP contribution < -0.4 is 16.0 Å². The van der Waals surface area contributed by atoms with E-state index in [0.717, 1.165) is 5.69 Å². The van der Waals surface area contributed by atoms with Gasteiger partial charge in [-0.05, 0) is 24.8 Å². The fraction of sp³-hybridized carbons (Fsp3) is 0.692. The van der Waals surface area contributed by atoms with Gasteiger partial charge in [0.1, 0.15) is 0 Å². The van der Waals surface area contributed by atoms with Crippen LogP contribution in [0.15, 0.2) is 12.1 Å². The Morgan fingerprint density at radius 1 is 1.22 bits per heavy atom. The molecule has 0 saturated heterocycles. The van der Waals surface area contributed by atoms with Gasteiger partial charge < -0.3 is 4.74 Å². The number of nitrogens with zero attached hydrogens (tertiary/aromatic N) is 2. The molecule has 18 heavy (non-hydrogen) atoms. The number of ether oxygens (including phenoxy) is 1. The van der Waals surface area contributed by atoms with Crippen molar-refractivity contribution >= 4 is 0 Å². The standard InChI is InChI=1S/C13H22N4O/c1-18-12-9-8-11(16-17-12)13(15-14)10-6-4-2-3-5-7-10/h8-10,13,15H,2-7,14H2,1H3. The second-order valence-electron chi connectivity index (χ2n) is 4.90. The van der Waals surface area contributed by atoms with E-state index in [4.69, 9.17) is 10.6 Å². The molecule has 0 bridgehead atoms. The Bertz CT molecular complexity index is 347. The molecule has 1 unspecified atom stereocenters. The van der Waals surface area contributed by atoms with Crippen LogP contribution in [-0.4, -0.2) is 17.3 Å². The molecule has 100 valence electrons. The summed E-state index contributed by atoms with van der Waals surface area (Å²) in [5, 5.41) is 8.23. The molecule has 0 spiro atoms. The van der Waals surface area contributed by atoms with Crippen molar-refractivity contribution in [3.05, 3.63) is 17.8 Å². The first kappa shape index (κ1) is 13.2. The highest BCUT2D eigenvalue weighted by Gasteiger charge is 2.24. The summed E-state index contributed by atoms with van der Waals surface area (Å²) in [5.74, 6) is 6.80. The van der Waals surface area contributed by atoms with Crippen molar-refractivity contribution in [1.29, 1.82) is 0 Å². The van der Waals surface area contributed by atoms with Crippen LogP contribution in [0.1, 0.15) is 50.3 Å². The van der Waals surface area contributed by atoms with Crippen molar-refractivity contribution in [3.63, 3.8) is 0 Å². The van der Waals surface area contributed by atoms with Crippen molar-refractivity contribution in [3.8, 4) is 5.88 Å². The van der Waals surface area contributed by atoms with Gasteiger partial charge in [-0.1, -0.05) is 25.7 Å². The Hall–Kier alpha value is -1.20. The summed E-state index contributed by atoms with van der Waals surface area (Å²) >= 11 is 0. The minimum absolute atomic E-state index is 0.0986. The van der Waals surface area contributed by atoms with E-state index in [2.05, 4.69) is 15.6 Å². The molecule has 1 aromatic rings. The average molecular weight is 250 g/mol. The minimum Gasteiger partial charge on any atom is -0.480 e. The maximum absolute atomic E-state index is 5.71. The van der Waals surface area contributed by atoms with Crippen molar-refractivity contribution < 1.29 is 4.74 Å². The highest BCUT2D eigenvalue weighted by Crippen LogP contribution is 2.32. The fourth-order valence-electron chi connectivity index (χ4n) is 2.71. The number of nitrogens with one attached hydrogen (secondary N) is 1. The number of hydrazine groups is 1. The normalized spacial score (nSPS) is 19.2. The molecule has 1 fully saturated rings. The topological polar surface area (TPSA) is 73.1 Å². The van der Waals surface area contributed by atoms with Crippen molar-refractivity contribution in [2.75, 3.05) is 7.11 Å². The smallest absolute Gasteiger partial charge is 0.233 e. The lowest BCUT2D eigenvalue weighted by atomic mass is 9.90. The number of rotatable bonds is 4. The van der Waals surface area contributed by atoms with Crippen LogP contribution in [0.5, 0.6) is 5.88 Å². The third-order valence-electron chi connectivity index (χ3n) is 3.74. The number of hydrogen-bond acceptors (Lipinski definition) is 5. The number of methoxy groups -OCH3 is 1. The molecule has 0 amide bonds. The largest absolute Gasteiger partial charge is 0.480 e. The lowest BCUT2D eigenvalue weighted by Gasteiger charge is -2.24. The summed E-state index contributed by atoms with van der Waals surface area (Å²) in [4.78, 5) is 0. The third-order valence-corrected chi connectivity index (χ3v) is 3.74. The zero-order valence-corrected chi connectivity index (χ0v) is 10.9. The maximum atomic E-state index is 5.71. The first-order chi connectivity index (χ1) is 8.85. The molecule has 5 heteroatoms. The van der Waals surface area contributed by atoms with Crippen molar-refractivity contribution in [1.82, 2.24) is 15.6 Å². The van der Waals surface area contributed by atoms with Gasteiger partial charge in [-0.3, -0.25) is 11.3 Å². The molecule has 0 aromatic carbocycles. The van der Waals surface area contributed by atoms with Crippen LogP contribution in [0, 0.1) is 5.92 Å². The van der Waals surface area contributed by atoms with Crippen LogP contribution in [-0.2, 0) is 0 Å². The second kappa shape index (κ2) is 6.66. The van der Waals surface area contributed by atoms with E-state index in [-0.39, 0.29) is 6.04 Å². The predicted molar refractivity (Wildman–Crippen MR) is 69.8 cm³/mol. The van der Waals surface area contributed by atoms with Gasteiger partial charge in [0.15, 0.2) is 0 Å². The van der Waals surface area contributed by atoms with E-state index in [1.165, 1.54) is 38.5 Å². The van der Waals surface area contributed by atoms with E-state index in [9.17, 15) is 0 Å². The van der Waals surface area contributed by atoms with Crippen LogP contribution in [0.4, 0.5) is 0 Å². The molecule has 1 aliphatic carbocycles. The molecule has 2 rings (SSSR count). The van der Waals surface area contributed by atoms with Crippen molar-refractivity contribution in [2.24, 2.45) is 11.8 Å². The van der Waals surface area contributed by atoms with Gasteiger partial charge in [-0.25, -0.2) is 0 Å². The summed E-state index contributed by atoms with van der Waals surface area (Å²) in [6.45, 7) is 0. The van der Waals surface area contributed by atoms with E-state index in [1.807, 2.05) is 12.1 Å². The lowest BCUT2D eigenvalue weighted by molar-refractivity contribution is 0.319. The first-order valence-electron chi connectivity index (χ1n) is 6.69.